The molecule has 1 heterocycles. The van der Waals surface area contributed by atoms with Crippen LogP contribution >= 0.6 is 23.1 Å². The van der Waals surface area contributed by atoms with Crippen LogP contribution in [-0.2, 0) is 16.6 Å². The summed E-state index contributed by atoms with van der Waals surface area (Å²) in [5.41, 5.74) is 0. The number of thioether (sulfide) groups is 1. The van der Waals surface area contributed by atoms with Crippen molar-refractivity contribution in [1.82, 2.24) is 10.0 Å². The molecule has 18 heavy (non-hydrogen) atoms. The number of nitrogens with one attached hydrogen (secondary N) is 2. The fraction of sp³-hybridized carbons (Fsp3) is 0.636. The molecule has 4 nitrogen and oxygen atoms in total. The van der Waals surface area contributed by atoms with E-state index in [4.69, 9.17) is 0 Å². The van der Waals surface area contributed by atoms with Gasteiger partial charge in [0.2, 0.25) is 10.0 Å². The summed E-state index contributed by atoms with van der Waals surface area (Å²) >= 11 is 3.19. The van der Waals surface area contributed by atoms with Crippen molar-refractivity contribution in [2.24, 2.45) is 0 Å². The lowest BCUT2D eigenvalue weighted by Gasteiger charge is -2.03. The maximum atomic E-state index is 12.0. The predicted octanol–water partition coefficient (Wildman–Crippen LogP) is 1.89. The number of sulfonamides is 1. The Balaban J connectivity index is 2.53. The minimum absolute atomic E-state index is 0.379. The Morgan fingerprint density at radius 1 is 1.44 bits per heavy atom. The molecule has 0 saturated heterocycles. The van der Waals surface area contributed by atoms with E-state index in [0.29, 0.717) is 11.4 Å². The lowest BCUT2D eigenvalue weighted by atomic mass is 10.4. The third-order valence-corrected chi connectivity index (χ3v) is 5.53. The van der Waals surface area contributed by atoms with E-state index in [1.54, 1.807) is 23.2 Å². The van der Waals surface area contributed by atoms with E-state index in [2.05, 4.69) is 10.0 Å². The monoisotopic (exact) mass is 308 g/mol. The van der Waals surface area contributed by atoms with Crippen LogP contribution in [0.25, 0.3) is 0 Å². The molecule has 0 amide bonds. The molecule has 0 saturated carbocycles. The molecule has 0 spiro atoms. The third-order valence-electron chi connectivity index (χ3n) is 2.31. The third kappa shape index (κ3) is 5.27. The molecular formula is C11H20N2O2S3. The zero-order valence-electron chi connectivity index (χ0n) is 10.7. The van der Waals surface area contributed by atoms with Gasteiger partial charge in [-0.2, -0.15) is 11.8 Å². The highest BCUT2D eigenvalue weighted by Gasteiger charge is 2.15. The van der Waals surface area contributed by atoms with E-state index >= 15 is 0 Å². The summed E-state index contributed by atoms with van der Waals surface area (Å²) in [6, 6.07) is 1.74. The molecule has 2 N–H and O–H groups in total. The van der Waals surface area contributed by atoms with Crippen LogP contribution in [0.5, 0.6) is 0 Å². The summed E-state index contributed by atoms with van der Waals surface area (Å²) in [4.78, 5) is 1.42. The molecule has 0 aliphatic carbocycles. The topological polar surface area (TPSA) is 58.2 Å². The molecule has 0 fully saturated rings. The van der Waals surface area contributed by atoms with Gasteiger partial charge in [0.25, 0.3) is 0 Å². The minimum Gasteiger partial charge on any atom is -0.312 e. The molecule has 0 radical (unpaired) electrons. The highest BCUT2D eigenvalue weighted by Crippen LogP contribution is 2.19. The summed E-state index contributed by atoms with van der Waals surface area (Å²) in [5.74, 6) is 0.970. The van der Waals surface area contributed by atoms with Crippen molar-refractivity contribution in [2.75, 3.05) is 25.1 Å². The van der Waals surface area contributed by atoms with E-state index in [9.17, 15) is 8.42 Å². The molecule has 1 aromatic rings. The maximum Gasteiger partial charge on any atom is 0.241 e. The Labute approximate surface area is 118 Å². The van der Waals surface area contributed by atoms with Crippen LogP contribution in [0.15, 0.2) is 16.3 Å². The largest absolute Gasteiger partial charge is 0.312 e. The van der Waals surface area contributed by atoms with Crippen LogP contribution in [0.2, 0.25) is 0 Å². The zero-order valence-corrected chi connectivity index (χ0v) is 13.2. The molecule has 1 rings (SSSR count). The van der Waals surface area contributed by atoms with Crippen LogP contribution in [0, 0.1) is 0 Å². The SMILES string of the molecule is CCNCc1cc(S(=O)(=O)NCCCSC)cs1. The molecule has 0 aromatic carbocycles. The highest BCUT2D eigenvalue weighted by molar-refractivity contribution is 7.98. The molecule has 0 aliphatic rings. The minimum atomic E-state index is -3.32. The first kappa shape index (κ1) is 16.0. The van der Waals surface area contributed by atoms with Crippen LogP contribution in [0.4, 0.5) is 0 Å². The maximum absolute atomic E-state index is 12.0. The molecule has 0 unspecified atom stereocenters. The van der Waals surface area contributed by atoms with Crippen LogP contribution < -0.4 is 10.0 Å². The van der Waals surface area contributed by atoms with Crippen molar-refractivity contribution >= 4 is 33.1 Å². The second kappa shape index (κ2) is 8.16. The van der Waals surface area contributed by atoms with Crippen molar-refractivity contribution < 1.29 is 8.42 Å². The summed E-state index contributed by atoms with van der Waals surface area (Å²) in [6.07, 6.45) is 2.87. The second-order valence-electron chi connectivity index (χ2n) is 3.77. The Hall–Kier alpha value is -0.0800. The van der Waals surface area contributed by atoms with Crippen molar-refractivity contribution in [3.05, 3.63) is 16.3 Å². The van der Waals surface area contributed by atoms with Crippen molar-refractivity contribution in [1.29, 1.82) is 0 Å². The van der Waals surface area contributed by atoms with Gasteiger partial charge in [0, 0.05) is 23.3 Å². The van der Waals surface area contributed by atoms with Gasteiger partial charge in [-0.1, -0.05) is 6.92 Å². The van der Waals surface area contributed by atoms with Gasteiger partial charge in [-0.05, 0) is 31.0 Å². The Kier molecular flexibility index (Phi) is 7.25. The summed E-state index contributed by atoms with van der Waals surface area (Å²) < 4.78 is 26.5. The predicted molar refractivity (Wildman–Crippen MR) is 79.9 cm³/mol. The molecule has 1 aromatic heterocycles. The number of hydrogen-bond acceptors (Lipinski definition) is 5. The van der Waals surface area contributed by atoms with E-state index in [0.717, 1.165) is 30.1 Å². The first-order valence-corrected chi connectivity index (χ1v) is 9.62. The van der Waals surface area contributed by atoms with Gasteiger partial charge >= 0.3 is 0 Å². The average Bonchev–Trinajstić information content (AvgIpc) is 2.81. The van der Waals surface area contributed by atoms with Gasteiger partial charge in [-0.15, -0.1) is 11.3 Å². The van der Waals surface area contributed by atoms with E-state index in [1.165, 1.54) is 11.3 Å². The number of thiophene rings is 1. The van der Waals surface area contributed by atoms with Crippen molar-refractivity contribution in [3.63, 3.8) is 0 Å². The normalized spacial score (nSPS) is 11.9. The molecule has 0 atom stereocenters. The molecule has 0 aliphatic heterocycles. The van der Waals surface area contributed by atoms with Gasteiger partial charge < -0.3 is 5.32 Å². The lowest BCUT2D eigenvalue weighted by molar-refractivity contribution is 0.581. The number of hydrogen-bond donors (Lipinski definition) is 2. The fourth-order valence-corrected chi connectivity index (χ4v) is 4.10. The van der Waals surface area contributed by atoms with E-state index in [1.807, 2.05) is 13.2 Å². The van der Waals surface area contributed by atoms with Gasteiger partial charge in [0.15, 0.2) is 0 Å². The molecule has 0 bridgehead atoms. The smallest absolute Gasteiger partial charge is 0.241 e. The average molecular weight is 308 g/mol. The van der Waals surface area contributed by atoms with Crippen molar-refractivity contribution in [2.45, 2.75) is 24.8 Å². The molecule has 104 valence electrons. The van der Waals surface area contributed by atoms with Gasteiger partial charge in [0.1, 0.15) is 0 Å². The Morgan fingerprint density at radius 3 is 2.89 bits per heavy atom. The van der Waals surface area contributed by atoms with Gasteiger partial charge in [-0.25, -0.2) is 13.1 Å². The van der Waals surface area contributed by atoms with Crippen LogP contribution in [-0.4, -0.2) is 33.5 Å². The lowest BCUT2D eigenvalue weighted by Crippen LogP contribution is -2.24. The van der Waals surface area contributed by atoms with Gasteiger partial charge in [-0.3, -0.25) is 0 Å². The summed E-state index contributed by atoms with van der Waals surface area (Å²) in [7, 11) is -3.32. The first-order valence-electron chi connectivity index (χ1n) is 5.87. The van der Waals surface area contributed by atoms with E-state index in [-0.39, 0.29) is 0 Å². The summed E-state index contributed by atoms with van der Waals surface area (Å²) in [5, 5.41) is 4.88. The van der Waals surface area contributed by atoms with Gasteiger partial charge in [0.05, 0.1) is 4.90 Å². The number of rotatable bonds is 9. The van der Waals surface area contributed by atoms with Crippen molar-refractivity contribution in [3.8, 4) is 0 Å². The Bertz CT molecular complexity index is 443. The first-order chi connectivity index (χ1) is 8.60. The van der Waals surface area contributed by atoms with Crippen LogP contribution in [0.1, 0.15) is 18.2 Å². The zero-order chi connectivity index (χ0) is 13.4. The second-order valence-corrected chi connectivity index (χ2v) is 7.52. The Morgan fingerprint density at radius 2 is 2.22 bits per heavy atom. The standard InChI is InChI=1S/C11H20N2O2S3/c1-3-12-8-10-7-11(9-17-10)18(14,15)13-5-4-6-16-2/h7,9,12-13H,3-6,8H2,1-2H3. The highest BCUT2D eigenvalue weighted by atomic mass is 32.2. The summed E-state index contributed by atoms with van der Waals surface area (Å²) in [6.45, 7) is 4.14. The molecule has 7 heteroatoms. The molecular weight excluding hydrogens is 288 g/mol. The van der Waals surface area contributed by atoms with E-state index < -0.39 is 10.0 Å². The van der Waals surface area contributed by atoms with Crippen LogP contribution in [0.3, 0.4) is 0 Å². The fourth-order valence-electron chi connectivity index (χ4n) is 1.35. The quantitative estimate of drug-likeness (QED) is 0.684.